The maximum atomic E-state index is 12.9. The summed E-state index contributed by atoms with van der Waals surface area (Å²) >= 11 is 16.3. The Labute approximate surface area is 456 Å². The topological polar surface area (TPSA) is 191 Å². The number of rotatable bonds is 6. The van der Waals surface area contributed by atoms with Crippen molar-refractivity contribution in [3.05, 3.63) is 147 Å². The molecule has 0 spiro atoms. The van der Waals surface area contributed by atoms with Gasteiger partial charge in [0, 0.05) is 174 Å². The quantitative estimate of drug-likeness (QED) is 0.0586. The fraction of sp³-hybridized carbons (Fsp3) is 0.275. The Morgan fingerprint density at radius 2 is 0.986 bits per heavy atom. The fourth-order valence-electron chi connectivity index (χ4n) is 7.74. The summed E-state index contributed by atoms with van der Waals surface area (Å²) in [5.74, 6) is -2.41. The Hall–Kier alpha value is -2.51. The average molecular weight is 1320 g/mol. The fourth-order valence-corrected chi connectivity index (χ4v) is 35.7. The molecule has 8 rings (SSSR count). The minimum atomic E-state index is -0.839. The van der Waals surface area contributed by atoms with E-state index in [2.05, 4.69) is 54.8 Å². The molecule has 2 amide bonds. The molecule has 2 saturated carbocycles. The summed E-state index contributed by atoms with van der Waals surface area (Å²) in [7, 11) is 19.9. The van der Waals surface area contributed by atoms with E-state index in [-0.39, 0.29) is 50.4 Å². The molecule has 4 aliphatic rings. The summed E-state index contributed by atoms with van der Waals surface area (Å²) in [5.41, 5.74) is 1.81. The van der Waals surface area contributed by atoms with Crippen molar-refractivity contribution in [2.24, 2.45) is 0 Å². The smallest absolute Gasteiger partial charge is 0.347 e. The predicted octanol–water partition coefficient (Wildman–Crippen LogP) is 9.12. The molecule has 4 aromatic carbocycles. The first-order valence-corrected chi connectivity index (χ1v) is 38.5. The minimum Gasteiger partial charge on any atom is -0.386 e. The number of benzene rings is 4. The van der Waals surface area contributed by atoms with Crippen LogP contribution in [0.25, 0.3) is 0 Å². The molecule has 0 bridgehead atoms. The van der Waals surface area contributed by atoms with Crippen LogP contribution in [0.3, 0.4) is 0 Å². The van der Waals surface area contributed by atoms with Crippen LogP contribution in [-0.2, 0) is 145 Å². The van der Waals surface area contributed by atoms with Crippen LogP contribution in [0.15, 0.2) is 93.9 Å². The van der Waals surface area contributed by atoms with Crippen molar-refractivity contribution in [3.8, 4) is 6.07 Å². The van der Waals surface area contributed by atoms with Gasteiger partial charge in [0.1, 0.15) is 0 Å². The Bertz CT molecular complexity index is 3250. The molecule has 0 atom stereocenters. The van der Waals surface area contributed by atoms with E-state index in [0.29, 0.717) is 6.54 Å². The highest BCUT2D eigenvalue weighted by atomic mass is 79.9. The number of hydrogen-bond donors (Lipinski definition) is 0. The van der Waals surface area contributed by atoms with Gasteiger partial charge >= 0.3 is 11.9 Å². The standard InChI is InChI=1S/C20H17BrN2O4.C12H12BrN.C8H3NO5.S14/c21-14-5-3-13(4-6-14)20(9-1-2-10-20)12-22-18(24)16-8-7-15(23(26)27)11-17(16)19(22)25;13-11-5-3-10(4-6-11)12(9-14)7-1-2-8-12;10-7-5-2-1-4(9(12)13)3-6(5)8(11)14-7;1-3-5-7-9-11-13-14-12-10-8-6-4-2/h3-8,11H,1-2,9-10,12H2;3-6H,1-2,7-8H2;1-3H;. The van der Waals surface area contributed by atoms with Gasteiger partial charge in [-0.05, 0) is 73.2 Å². The van der Waals surface area contributed by atoms with Crippen molar-refractivity contribution in [1.82, 2.24) is 4.90 Å². The normalized spacial score (nSPS) is 15.2. The first-order valence-electron chi connectivity index (χ1n) is 19.6. The number of esters is 2. The molecule has 69 heavy (non-hydrogen) atoms. The third-order valence-corrected chi connectivity index (χ3v) is 36.4. The van der Waals surface area contributed by atoms with Crippen LogP contribution in [0.1, 0.15) is 104 Å². The van der Waals surface area contributed by atoms with Crippen molar-refractivity contribution < 1.29 is 33.8 Å². The maximum absolute atomic E-state index is 12.9. The number of imide groups is 1. The Balaban J connectivity index is 0.000000182. The predicted molar refractivity (Wildman–Crippen MR) is 309 cm³/mol. The van der Waals surface area contributed by atoms with Gasteiger partial charge in [0.2, 0.25) is 0 Å². The van der Waals surface area contributed by atoms with Gasteiger partial charge in [0.15, 0.2) is 0 Å². The molecule has 0 N–H and O–H groups in total. The first kappa shape index (κ1) is 57.4. The third kappa shape index (κ3) is 16.0. The second-order valence-corrected chi connectivity index (χ2v) is 37.6. The maximum Gasteiger partial charge on any atom is 0.347 e. The average Bonchev–Trinajstić information content (AvgIpc) is 4.15. The SMILES string of the molecule is N#CC1(c2ccc(Br)cc2)CCCC1.O=C1OC(=O)c2cc([N+](=O)[O-])ccc21.O=C1c2ccc([N+](=O)[O-])cc2C(=O)N1CC1(c2ccc(Br)cc2)CCCC1.S=S=S=S=S=S=S=S=S=S=S=S=S=S. The number of halogens is 2. The molecule has 29 heteroatoms. The van der Waals surface area contributed by atoms with E-state index in [1.807, 2.05) is 36.4 Å². The number of nitrogens with zero attached hydrogens (tertiary/aromatic N) is 4. The monoisotopic (exact) mass is 1320 g/mol. The van der Waals surface area contributed by atoms with Crippen LogP contribution in [0.4, 0.5) is 11.4 Å². The second-order valence-electron chi connectivity index (χ2n) is 14.6. The van der Waals surface area contributed by atoms with Gasteiger partial charge in [-0.3, -0.25) is 34.7 Å². The van der Waals surface area contributed by atoms with Gasteiger partial charge in [0.05, 0.1) is 43.6 Å². The number of cyclic esters (lactones) is 2. The Morgan fingerprint density at radius 3 is 1.45 bits per heavy atom. The van der Waals surface area contributed by atoms with E-state index in [1.165, 1.54) is 65.3 Å². The number of hydrogen-bond acceptors (Lipinski definition) is 12. The zero-order valence-corrected chi connectivity index (χ0v) is 49.5. The molecule has 2 fully saturated rings. The zero-order chi connectivity index (χ0) is 50.0. The van der Waals surface area contributed by atoms with Gasteiger partial charge in [-0.15, -0.1) is 0 Å². The summed E-state index contributed by atoms with van der Waals surface area (Å²) in [4.78, 5) is 69.1. The molecule has 13 nitrogen and oxygen atoms in total. The molecule has 0 radical (unpaired) electrons. The van der Waals surface area contributed by atoms with E-state index < -0.39 is 27.7 Å². The lowest BCUT2D eigenvalue weighted by Gasteiger charge is -2.33. The molecule has 4 aromatic rings. The van der Waals surface area contributed by atoms with Crippen molar-refractivity contribution in [2.75, 3.05) is 6.54 Å². The number of nitro benzene ring substituents is 2. The number of non-ortho nitro benzene ring substituents is 2. The third-order valence-electron chi connectivity index (χ3n) is 10.9. The molecule has 0 aromatic heterocycles. The lowest BCUT2D eigenvalue weighted by atomic mass is 9.78. The lowest BCUT2D eigenvalue weighted by Crippen LogP contribution is -2.42. The van der Waals surface area contributed by atoms with Gasteiger partial charge in [-0.1, -0.05) is 81.8 Å². The lowest BCUT2D eigenvalue weighted by molar-refractivity contribution is -0.385. The summed E-state index contributed by atoms with van der Waals surface area (Å²) in [6.07, 6.45) is 8.31. The molecule has 0 saturated heterocycles. The number of carbonyl (C=O) groups excluding carboxylic acids is 4. The molecule has 364 valence electrons. The van der Waals surface area contributed by atoms with E-state index in [4.69, 9.17) is 22.4 Å². The molecule has 2 heterocycles. The summed E-state index contributed by atoms with van der Waals surface area (Å²) in [5, 5.41) is 30.6. The summed E-state index contributed by atoms with van der Waals surface area (Å²) < 4.78 is 6.32. The van der Waals surface area contributed by atoms with Crippen molar-refractivity contribution in [1.29, 1.82) is 5.26 Å². The van der Waals surface area contributed by atoms with Crippen molar-refractivity contribution >= 4 is 196 Å². The van der Waals surface area contributed by atoms with Crippen molar-refractivity contribution in [3.63, 3.8) is 0 Å². The molecule has 2 aliphatic carbocycles. The van der Waals surface area contributed by atoms with E-state index >= 15 is 0 Å². The Kier molecular flexibility index (Phi) is 23.8. The first-order chi connectivity index (χ1) is 33.2. The highest BCUT2D eigenvalue weighted by Crippen LogP contribution is 2.44. The highest BCUT2D eigenvalue weighted by molar-refractivity contribution is 9.10. The second kappa shape index (κ2) is 28.7. The van der Waals surface area contributed by atoms with E-state index in [9.17, 15) is 44.7 Å². The van der Waals surface area contributed by atoms with Crippen LogP contribution in [0, 0.1) is 31.6 Å². The molecule has 0 unspecified atom stereocenters. The number of ether oxygens (including phenoxy) is 1. The van der Waals surface area contributed by atoms with Gasteiger partial charge in [-0.25, -0.2) is 9.59 Å². The molecular weight excluding hydrogens is 1290 g/mol. The van der Waals surface area contributed by atoms with E-state index in [0.717, 1.165) is 65.2 Å². The van der Waals surface area contributed by atoms with Crippen LogP contribution < -0.4 is 0 Å². The highest BCUT2D eigenvalue weighted by Gasteiger charge is 2.44. The minimum absolute atomic E-state index is 0.0517. The largest absolute Gasteiger partial charge is 0.386 e. The van der Waals surface area contributed by atoms with Crippen LogP contribution in [0.5, 0.6) is 0 Å². The Morgan fingerprint density at radius 1 is 0.580 bits per heavy atom. The number of fused-ring (bicyclic) bond motifs is 2. The van der Waals surface area contributed by atoms with Crippen LogP contribution in [-0.4, -0.2) is 45.0 Å². The van der Waals surface area contributed by atoms with Gasteiger partial charge in [-0.2, -0.15) is 5.26 Å². The number of nitriles is 1. The zero-order valence-electron chi connectivity index (χ0n) is 34.9. The van der Waals surface area contributed by atoms with Crippen molar-refractivity contribution in [2.45, 2.75) is 62.2 Å². The van der Waals surface area contributed by atoms with Gasteiger partial charge in [0.25, 0.3) is 23.2 Å². The van der Waals surface area contributed by atoms with Gasteiger partial charge < -0.3 is 4.74 Å². The summed E-state index contributed by atoms with van der Waals surface area (Å²) in [6, 6.07) is 26.0. The summed E-state index contributed by atoms with van der Waals surface area (Å²) in [6.45, 7) is 0.300. The van der Waals surface area contributed by atoms with Crippen LogP contribution in [0.2, 0.25) is 0 Å². The molecular formula is C40H32Br2N4O9S14. The van der Waals surface area contributed by atoms with Crippen LogP contribution >= 0.6 is 31.9 Å². The number of nitro groups is 2. The van der Waals surface area contributed by atoms with E-state index in [1.54, 1.807) is 88.8 Å². The number of amides is 2. The number of carbonyl (C=O) groups is 4. The molecule has 2 aliphatic heterocycles.